The maximum Gasteiger partial charge on any atom is 0.0869 e. The molecule has 2 N–H and O–H groups in total. The Morgan fingerprint density at radius 1 is 1.60 bits per heavy atom. The highest BCUT2D eigenvalue weighted by molar-refractivity contribution is 4.81. The predicted octanol–water partition coefficient (Wildman–Crippen LogP) is -0.728. The van der Waals surface area contributed by atoms with E-state index in [0.717, 1.165) is 19.6 Å². The molecule has 60 valence electrons. The summed E-state index contributed by atoms with van der Waals surface area (Å²) in [6.45, 7) is 5.34. The molecule has 0 spiro atoms. The van der Waals surface area contributed by atoms with E-state index < -0.39 is 5.60 Å². The van der Waals surface area contributed by atoms with Crippen LogP contribution in [0.5, 0.6) is 0 Å². The van der Waals surface area contributed by atoms with Gasteiger partial charge in [-0.2, -0.15) is 0 Å². The van der Waals surface area contributed by atoms with Crippen LogP contribution in [-0.2, 0) is 0 Å². The van der Waals surface area contributed by atoms with E-state index in [-0.39, 0.29) is 0 Å². The van der Waals surface area contributed by atoms with Gasteiger partial charge in [-0.1, -0.05) is 0 Å². The Labute approximate surface area is 62.0 Å². The van der Waals surface area contributed by atoms with Crippen LogP contribution in [0.25, 0.3) is 0 Å². The topological polar surface area (TPSA) is 35.5 Å². The summed E-state index contributed by atoms with van der Waals surface area (Å²) in [6, 6.07) is 0. The van der Waals surface area contributed by atoms with Crippen molar-refractivity contribution in [3.05, 3.63) is 0 Å². The highest BCUT2D eigenvalue weighted by Crippen LogP contribution is 2.05. The molecule has 0 amide bonds. The molecular weight excluding hydrogens is 128 g/mol. The van der Waals surface area contributed by atoms with Gasteiger partial charge in [0.25, 0.3) is 0 Å². The Kier molecular flexibility index (Phi) is 2.28. The molecule has 1 atom stereocenters. The van der Waals surface area contributed by atoms with Crippen LogP contribution >= 0.6 is 0 Å². The molecule has 3 heteroatoms. The highest BCUT2D eigenvalue weighted by atomic mass is 16.3. The second kappa shape index (κ2) is 2.86. The van der Waals surface area contributed by atoms with Crippen LogP contribution in [0.2, 0.25) is 0 Å². The van der Waals surface area contributed by atoms with Crippen molar-refractivity contribution < 1.29 is 5.11 Å². The fraction of sp³-hybridized carbons (Fsp3) is 1.00. The normalized spacial score (nSPS) is 37.5. The zero-order chi connectivity index (χ0) is 7.61. The van der Waals surface area contributed by atoms with Crippen molar-refractivity contribution in [2.45, 2.75) is 12.5 Å². The summed E-state index contributed by atoms with van der Waals surface area (Å²) in [4.78, 5) is 2.14. The van der Waals surface area contributed by atoms with E-state index in [0.29, 0.717) is 6.54 Å². The largest absolute Gasteiger partial charge is 0.388 e. The maximum absolute atomic E-state index is 9.62. The Balaban J connectivity index is 2.46. The lowest BCUT2D eigenvalue weighted by molar-refractivity contribution is 0.0410. The summed E-state index contributed by atoms with van der Waals surface area (Å²) in [5, 5.41) is 12.8. The fourth-order valence-electron chi connectivity index (χ4n) is 1.34. The number of hydrogen-bond acceptors (Lipinski definition) is 3. The van der Waals surface area contributed by atoms with Crippen molar-refractivity contribution in [2.75, 3.05) is 33.2 Å². The molecule has 0 bridgehead atoms. The minimum absolute atomic E-state index is 0.550. The number of β-amino-alcohol motifs (C(OH)–C–C–N with tert-alkyl or cyclic N) is 1. The zero-order valence-corrected chi connectivity index (χ0v) is 6.72. The third-order valence-corrected chi connectivity index (χ3v) is 1.79. The minimum Gasteiger partial charge on any atom is -0.388 e. The molecule has 0 aliphatic carbocycles. The van der Waals surface area contributed by atoms with Crippen LogP contribution in [-0.4, -0.2) is 48.8 Å². The third kappa shape index (κ3) is 2.25. The molecule has 3 nitrogen and oxygen atoms in total. The first-order chi connectivity index (χ1) is 4.60. The number of nitrogens with zero attached hydrogens (tertiary/aromatic N) is 1. The molecular formula is C7H16N2O. The first-order valence-corrected chi connectivity index (χ1v) is 3.72. The van der Waals surface area contributed by atoms with E-state index in [4.69, 9.17) is 0 Å². The molecule has 0 aromatic heterocycles. The second-order valence-electron chi connectivity index (χ2n) is 3.41. The number of likely N-dealkylation sites (N-methyl/N-ethyl adjacent to an activating group) is 1. The molecule has 0 aromatic carbocycles. The lowest BCUT2D eigenvalue weighted by Crippen LogP contribution is -2.42. The second-order valence-corrected chi connectivity index (χ2v) is 3.41. The van der Waals surface area contributed by atoms with Gasteiger partial charge in [0, 0.05) is 26.2 Å². The summed E-state index contributed by atoms with van der Waals surface area (Å²) in [7, 11) is 2.03. The lowest BCUT2D eigenvalue weighted by atomic mass is 10.1. The van der Waals surface area contributed by atoms with Gasteiger partial charge < -0.3 is 15.3 Å². The van der Waals surface area contributed by atoms with Gasteiger partial charge in [0.2, 0.25) is 0 Å². The predicted molar refractivity (Wildman–Crippen MR) is 41.0 cm³/mol. The van der Waals surface area contributed by atoms with Crippen LogP contribution in [0.15, 0.2) is 0 Å². The molecule has 1 heterocycles. The molecule has 1 aliphatic heterocycles. The first-order valence-electron chi connectivity index (χ1n) is 3.72. The van der Waals surface area contributed by atoms with Gasteiger partial charge in [-0.25, -0.2) is 0 Å². The Morgan fingerprint density at radius 2 is 2.30 bits per heavy atom. The first kappa shape index (κ1) is 7.98. The van der Waals surface area contributed by atoms with E-state index in [1.165, 1.54) is 0 Å². The molecule has 0 unspecified atom stereocenters. The maximum atomic E-state index is 9.62. The van der Waals surface area contributed by atoms with Gasteiger partial charge in [-0.15, -0.1) is 0 Å². The van der Waals surface area contributed by atoms with E-state index in [9.17, 15) is 5.11 Å². The quantitative estimate of drug-likeness (QED) is 0.470. The number of hydrogen-bond donors (Lipinski definition) is 2. The van der Waals surface area contributed by atoms with Crippen LogP contribution in [0, 0.1) is 0 Å². The number of rotatable bonds is 0. The van der Waals surface area contributed by atoms with Crippen molar-refractivity contribution in [3.63, 3.8) is 0 Å². The van der Waals surface area contributed by atoms with Crippen LogP contribution in [0.4, 0.5) is 0 Å². The van der Waals surface area contributed by atoms with Crippen LogP contribution in [0.3, 0.4) is 0 Å². The molecule has 1 fully saturated rings. The summed E-state index contributed by atoms with van der Waals surface area (Å²) >= 11 is 0. The molecule has 0 aromatic rings. The summed E-state index contributed by atoms with van der Waals surface area (Å²) in [6.07, 6.45) is 0. The van der Waals surface area contributed by atoms with Crippen molar-refractivity contribution in [1.82, 2.24) is 10.2 Å². The number of aliphatic hydroxyl groups is 1. The SMILES string of the molecule is CN1CCNC[C@@](C)(O)C1. The van der Waals surface area contributed by atoms with Gasteiger partial charge in [0.15, 0.2) is 0 Å². The van der Waals surface area contributed by atoms with Gasteiger partial charge >= 0.3 is 0 Å². The van der Waals surface area contributed by atoms with Gasteiger partial charge in [0.1, 0.15) is 0 Å². The third-order valence-electron chi connectivity index (χ3n) is 1.79. The molecule has 0 radical (unpaired) electrons. The molecule has 10 heavy (non-hydrogen) atoms. The summed E-state index contributed by atoms with van der Waals surface area (Å²) in [5.74, 6) is 0. The fourth-order valence-corrected chi connectivity index (χ4v) is 1.34. The molecule has 1 aliphatic rings. The smallest absolute Gasteiger partial charge is 0.0869 e. The highest BCUT2D eigenvalue weighted by Gasteiger charge is 2.23. The van der Waals surface area contributed by atoms with Gasteiger partial charge in [-0.3, -0.25) is 0 Å². The monoisotopic (exact) mass is 144 g/mol. The van der Waals surface area contributed by atoms with Crippen molar-refractivity contribution in [1.29, 1.82) is 0 Å². The summed E-state index contributed by atoms with van der Waals surface area (Å²) < 4.78 is 0. The Bertz CT molecular complexity index is 114. The average Bonchev–Trinajstić information content (AvgIpc) is 1.90. The van der Waals surface area contributed by atoms with E-state index >= 15 is 0 Å². The molecule has 1 saturated heterocycles. The van der Waals surface area contributed by atoms with Crippen molar-refractivity contribution >= 4 is 0 Å². The zero-order valence-electron chi connectivity index (χ0n) is 6.72. The van der Waals surface area contributed by atoms with Gasteiger partial charge in [-0.05, 0) is 14.0 Å². The summed E-state index contributed by atoms with van der Waals surface area (Å²) in [5.41, 5.74) is -0.550. The Hall–Kier alpha value is -0.120. The standard InChI is InChI=1S/C7H16N2O/c1-7(10)5-8-3-4-9(2)6-7/h8,10H,3-6H2,1-2H3/t7-/m1/s1. The van der Waals surface area contributed by atoms with E-state index in [2.05, 4.69) is 10.2 Å². The van der Waals surface area contributed by atoms with Crippen LogP contribution in [0.1, 0.15) is 6.92 Å². The average molecular weight is 144 g/mol. The minimum atomic E-state index is -0.550. The van der Waals surface area contributed by atoms with Crippen molar-refractivity contribution in [3.8, 4) is 0 Å². The number of nitrogens with one attached hydrogen (secondary N) is 1. The molecule has 1 rings (SSSR count). The van der Waals surface area contributed by atoms with Crippen molar-refractivity contribution in [2.24, 2.45) is 0 Å². The molecule has 0 saturated carbocycles. The Morgan fingerprint density at radius 3 is 3.00 bits per heavy atom. The van der Waals surface area contributed by atoms with Gasteiger partial charge in [0.05, 0.1) is 5.60 Å². The van der Waals surface area contributed by atoms with Crippen LogP contribution < -0.4 is 5.32 Å². The lowest BCUT2D eigenvalue weighted by Gasteiger charge is -2.24. The van der Waals surface area contributed by atoms with E-state index in [1.54, 1.807) is 0 Å². The van der Waals surface area contributed by atoms with E-state index in [1.807, 2.05) is 14.0 Å².